The number of carbonyl (C=O) groups excluding carboxylic acids is 2. The number of benzene rings is 3. The molecule has 1 heterocycles. The van der Waals surface area contributed by atoms with Crippen molar-refractivity contribution in [2.45, 2.75) is 18.9 Å². The van der Waals surface area contributed by atoms with E-state index in [-0.39, 0.29) is 11.8 Å². The molecule has 1 saturated heterocycles. The third-order valence-electron chi connectivity index (χ3n) is 5.39. The highest BCUT2D eigenvalue weighted by Crippen LogP contribution is 2.29. The summed E-state index contributed by atoms with van der Waals surface area (Å²) in [5.41, 5.74) is 1.03. The lowest BCUT2D eigenvalue weighted by molar-refractivity contribution is -0.145. The molecule has 2 atom stereocenters. The Morgan fingerprint density at radius 1 is 1.11 bits per heavy atom. The first kappa shape index (κ1) is 18.4. The molecule has 0 bridgehead atoms. The molecular formula is C23H23NO4. The molecule has 0 spiro atoms. The van der Waals surface area contributed by atoms with E-state index < -0.39 is 12.0 Å². The van der Waals surface area contributed by atoms with Crippen LogP contribution in [0.2, 0.25) is 0 Å². The molecule has 0 aromatic heterocycles. The monoisotopic (exact) mass is 377 g/mol. The molecule has 3 aromatic rings. The highest BCUT2D eigenvalue weighted by Gasteiger charge is 2.29. The molecule has 3 aromatic carbocycles. The Bertz CT molecular complexity index is 969. The van der Waals surface area contributed by atoms with Crippen LogP contribution in [0.5, 0.6) is 0 Å². The third-order valence-corrected chi connectivity index (χ3v) is 5.39. The van der Waals surface area contributed by atoms with Gasteiger partial charge in [0.1, 0.15) is 6.04 Å². The van der Waals surface area contributed by atoms with Gasteiger partial charge in [0.05, 0.1) is 19.6 Å². The molecule has 1 N–H and O–H groups in total. The number of hydrogen-bond acceptors (Lipinski definition) is 4. The SMILES string of the molecule is COC(=O)[C@@H](Cc1c2ccccc2cc2ccccc12)NC(=O)[C@@H]1CCOC1. The molecule has 1 fully saturated rings. The maximum Gasteiger partial charge on any atom is 0.328 e. The van der Waals surface area contributed by atoms with Crippen LogP contribution in [0.15, 0.2) is 54.6 Å². The number of fused-ring (bicyclic) bond motifs is 2. The van der Waals surface area contributed by atoms with E-state index in [1.54, 1.807) is 0 Å². The summed E-state index contributed by atoms with van der Waals surface area (Å²) >= 11 is 0. The fourth-order valence-corrected chi connectivity index (χ4v) is 3.90. The smallest absolute Gasteiger partial charge is 0.328 e. The van der Waals surface area contributed by atoms with E-state index in [9.17, 15) is 9.59 Å². The molecule has 1 aliphatic heterocycles. The fraction of sp³-hybridized carbons (Fsp3) is 0.304. The molecule has 5 heteroatoms. The third kappa shape index (κ3) is 3.58. The van der Waals surface area contributed by atoms with Crippen LogP contribution in [0, 0.1) is 5.92 Å². The van der Waals surface area contributed by atoms with Crippen LogP contribution < -0.4 is 5.32 Å². The topological polar surface area (TPSA) is 64.6 Å². The van der Waals surface area contributed by atoms with Crippen LogP contribution in [-0.2, 0) is 25.5 Å². The van der Waals surface area contributed by atoms with Gasteiger partial charge in [0.15, 0.2) is 0 Å². The largest absolute Gasteiger partial charge is 0.467 e. The number of esters is 1. The van der Waals surface area contributed by atoms with E-state index in [0.29, 0.717) is 26.1 Å². The van der Waals surface area contributed by atoms with Crippen molar-refractivity contribution in [3.05, 3.63) is 60.2 Å². The normalized spacial score (nSPS) is 17.5. The van der Waals surface area contributed by atoms with Crippen LogP contribution in [0.1, 0.15) is 12.0 Å². The van der Waals surface area contributed by atoms with Gasteiger partial charge in [-0.1, -0.05) is 48.5 Å². The van der Waals surface area contributed by atoms with Gasteiger partial charge in [-0.2, -0.15) is 0 Å². The predicted octanol–water partition coefficient (Wildman–Crippen LogP) is 3.23. The van der Waals surface area contributed by atoms with E-state index in [2.05, 4.69) is 35.6 Å². The number of methoxy groups -OCH3 is 1. The summed E-state index contributed by atoms with van der Waals surface area (Å²) in [5.74, 6) is -0.807. The quantitative estimate of drug-likeness (QED) is 0.548. The van der Waals surface area contributed by atoms with E-state index in [1.807, 2.05) is 24.3 Å². The second-order valence-corrected chi connectivity index (χ2v) is 7.15. The molecule has 5 nitrogen and oxygen atoms in total. The van der Waals surface area contributed by atoms with E-state index in [0.717, 1.165) is 27.1 Å². The first-order valence-corrected chi connectivity index (χ1v) is 9.52. The van der Waals surface area contributed by atoms with Crippen molar-refractivity contribution >= 4 is 33.4 Å². The van der Waals surface area contributed by atoms with Crippen LogP contribution in [0.25, 0.3) is 21.5 Å². The van der Waals surface area contributed by atoms with Gasteiger partial charge in [-0.25, -0.2) is 4.79 Å². The maximum absolute atomic E-state index is 12.6. The number of nitrogens with one attached hydrogen (secondary N) is 1. The molecule has 0 aliphatic carbocycles. The molecule has 28 heavy (non-hydrogen) atoms. The van der Waals surface area contributed by atoms with Crippen molar-refractivity contribution in [3.8, 4) is 0 Å². The first-order valence-electron chi connectivity index (χ1n) is 9.52. The van der Waals surface area contributed by atoms with Crippen LogP contribution in [0.4, 0.5) is 0 Å². The molecule has 0 radical (unpaired) electrons. The second kappa shape index (κ2) is 7.98. The van der Waals surface area contributed by atoms with Gasteiger partial charge in [-0.05, 0) is 39.6 Å². The minimum atomic E-state index is -0.743. The maximum atomic E-state index is 12.6. The Labute approximate surface area is 163 Å². The number of carbonyl (C=O) groups is 2. The number of rotatable bonds is 5. The Hall–Kier alpha value is -2.92. The minimum Gasteiger partial charge on any atom is -0.467 e. The van der Waals surface area contributed by atoms with Crippen molar-refractivity contribution in [2.24, 2.45) is 5.92 Å². The van der Waals surface area contributed by atoms with Crippen LogP contribution >= 0.6 is 0 Å². The van der Waals surface area contributed by atoms with Gasteiger partial charge >= 0.3 is 5.97 Å². The van der Waals surface area contributed by atoms with Crippen LogP contribution in [-0.4, -0.2) is 38.2 Å². The number of hydrogen-bond donors (Lipinski definition) is 1. The molecular weight excluding hydrogens is 354 g/mol. The lowest BCUT2D eigenvalue weighted by Gasteiger charge is -2.20. The van der Waals surface area contributed by atoms with Crippen molar-refractivity contribution in [2.75, 3.05) is 20.3 Å². The fourth-order valence-electron chi connectivity index (χ4n) is 3.90. The van der Waals surface area contributed by atoms with Gasteiger partial charge in [0.25, 0.3) is 0 Å². The van der Waals surface area contributed by atoms with Crippen molar-refractivity contribution in [1.82, 2.24) is 5.32 Å². The summed E-state index contributed by atoms with van der Waals surface area (Å²) in [5, 5.41) is 7.26. The van der Waals surface area contributed by atoms with Gasteiger partial charge in [-0.3, -0.25) is 4.79 Å². The molecule has 144 valence electrons. The van der Waals surface area contributed by atoms with E-state index in [1.165, 1.54) is 7.11 Å². The van der Waals surface area contributed by atoms with Crippen molar-refractivity contribution < 1.29 is 19.1 Å². The predicted molar refractivity (Wildman–Crippen MR) is 108 cm³/mol. The highest BCUT2D eigenvalue weighted by molar-refractivity contribution is 6.02. The second-order valence-electron chi connectivity index (χ2n) is 7.15. The summed E-state index contributed by atoms with van der Waals surface area (Å²) in [7, 11) is 1.35. The highest BCUT2D eigenvalue weighted by atomic mass is 16.5. The lowest BCUT2D eigenvalue weighted by atomic mass is 9.92. The van der Waals surface area contributed by atoms with Gasteiger partial charge in [0.2, 0.25) is 5.91 Å². The average Bonchev–Trinajstić information content (AvgIpc) is 3.27. The van der Waals surface area contributed by atoms with Gasteiger partial charge in [-0.15, -0.1) is 0 Å². The summed E-state index contributed by atoms with van der Waals surface area (Å²) in [6.45, 7) is 0.978. The van der Waals surface area contributed by atoms with Crippen LogP contribution in [0.3, 0.4) is 0 Å². The Morgan fingerprint density at radius 2 is 1.75 bits per heavy atom. The molecule has 4 rings (SSSR count). The number of amides is 1. The average molecular weight is 377 g/mol. The summed E-state index contributed by atoms with van der Waals surface area (Å²) in [4.78, 5) is 25.1. The Kier molecular flexibility index (Phi) is 5.26. The lowest BCUT2D eigenvalue weighted by Crippen LogP contribution is -2.45. The van der Waals surface area contributed by atoms with Gasteiger partial charge < -0.3 is 14.8 Å². The zero-order valence-electron chi connectivity index (χ0n) is 15.8. The Balaban J connectivity index is 1.73. The van der Waals surface area contributed by atoms with Crippen molar-refractivity contribution in [1.29, 1.82) is 0 Å². The number of ether oxygens (including phenoxy) is 2. The van der Waals surface area contributed by atoms with E-state index in [4.69, 9.17) is 9.47 Å². The summed E-state index contributed by atoms with van der Waals surface area (Å²) in [6, 6.07) is 17.6. The van der Waals surface area contributed by atoms with E-state index >= 15 is 0 Å². The molecule has 0 unspecified atom stereocenters. The molecule has 1 aliphatic rings. The summed E-state index contributed by atoms with van der Waals surface area (Å²) < 4.78 is 10.3. The first-order chi connectivity index (χ1) is 13.7. The zero-order valence-corrected chi connectivity index (χ0v) is 15.8. The van der Waals surface area contributed by atoms with Gasteiger partial charge in [0, 0.05) is 13.0 Å². The summed E-state index contributed by atoms with van der Waals surface area (Å²) in [6.07, 6.45) is 1.05. The Morgan fingerprint density at radius 3 is 2.32 bits per heavy atom. The van der Waals surface area contributed by atoms with Crippen molar-refractivity contribution in [3.63, 3.8) is 0 Å². The minimum absolute atomic E-state index is 0.155. The molecule has 1 amide bonds. The zero-order chi connectivity index (χ0) is 19.5. The standard InChI is InChI=1S/C23H23NO4/c1-27-23(26)21(24-22(25)17-10-11-28-14-17)13-20-18-8-4-2-6-15(18)12-16-7-3-5-9-19(16)20/h2-9,12,17,21H,10-11,13-14H2,1H3,(H,24,25)/t17-,21-/m1/s1. The molecule has 0 saturated carbocycles.